The number of nitrogens with one attached hydrogen (secondary N) is 5. The zero-order valence-electron chi connectivity index (χ0n) is 27.1. The summed E-state index contributed by atoms with van der Waals surface area (Å²) in [5, 5.41) is 13.3. The van der Waals surface area contributed by atoms with Crippen LogP contribution in [-0.2, 0) is 24.4 Å². The van der Waals surface area contributed by atoms with Gasteiger partial charge in [-0.05, 0) is 45.4 Å². The van der Waals surface area contributed by atoms with Crippen molar-refractivity contribution in [3.63, 3.8) is 0 Å². The summed E-state index contributed by atoms with van der Waals surface area (Å²) in [6.45, 7) is 5.35. The van der Waals surface area contributed by atoms with Gasteiger partial charge in [0, 0.05) is 32.6 Å². The molecule has 1 atom stereocenters. The number of ether oxygens (including phenoxy) is 1. The first-order valence-electron chi connectivity index (χ1n) is 16.5. The molecule has 258 valence electrons. The largest absolute Gasteiger partial charge is 0.464 e. The quantitative estimate of drug-likeness (QED) is 0.0413. The molecular formula is C30H59N5O8S. The van der Waals surface area contributed by atoms with E-state index in [-0.39, 0.29) is 19.1 Å². The molecule has 0 unspecified atom stereocenters. The average molecular weight is 650 g/mol. The van der Waals surface area contributed by atoms with Gasteiger partial charge in [0.1, 0.15) is 6.04 Å². The molecule has 0 aromatic rings. The predicted molar refractivity (Wildman–Crippen MR) is 172 cm³/mol. The number of carbonyl (C=O) groups is 4. The number of rotatable bonds is 28. The zero-order chi connectivity index (χ0) is 32.9. The molecule has 0 aromatic carbocycles. The molecular weight excluding hydrogens is 590 g/mol. The molecule has 0 saturated carbocycles. The molecule has 0 radical (unpaired) electrons. The van der Waals surface area contributed by atoms with Crippen LogP contribution in [0.1, 0.15) is 123 Å². The van der Waals surface area contributed by atoms with Gasteiger partial charge in [-0.2, -0.15) is 8.42 Å². The van der Waals surface area contributed by atoms with E-state index in [1.54, 1.807) is 6.92 Å². The van der Waals surface area contributed by atoms with Gasteiger partial charge in [-0.1, -0.05) is 71.1 Å². The van der Waals surface area contributed by atoms with Crippen molar-refractivity contribution >= 4 is 34.1 Å². The van der Waals surface area contributed by atoms with E-state index in [1.807, 2.05) is 0 Å². The van der Waals surface area contributed by atoms with Gasteiger partial charge < -0.3 is 31.3 Å². The Balaban J connectivity index is 3.95. The van der Waals surface area contributed by atoms with Gasteiger partial charge in [0.15, 0.2) is 0 Å². The Morgan fingerprint density at radius 3 is 1.73 bits per heavy atom. The van der Waals surface area contributed by atoms with Crippen molar-refractivity contribution in [2.45, 2.75) is 129 Å². The molecule has 44 heavy (non-hydrogen) atoms. The van der Waals surface area contributed by atoms with Crippen LogP contribution in [0.15, 0.2) is 0 Å². The highest BCUT2D eigenvalue weighted by Crippen LogP contribution is 2.10. The van der Waals surface area contributed by atoms with Crippen LogP contribution in [-0.4, -0.2) is 81.5 Å². The van der Waals surface area contributed by atoms with Crippen LogP contribution in [0, 0.1) is 0 Å². The van der Waals surface area contributed by atoms with Crippen molar-refractivity contribution in [3.8, 4) is 0 Å². The molecule has 0 bridgehead atoms. The van der Waals surface area contributed by atoms with Crippen molar-refractivity contribution in [2.24, 2.45) is 0 Å². The Labute approximate surface area is 264 Å². The molecule has 0 aliphatic heterocycles. The first kappa shape index (κ1) is 41.4. The average Bonchev–Trinajstić information content (AvgIpc) is 2.96. The van der Waals surface area contributed by atoms with Crippen LogP contribution in [0.4, 0.5) is 9.59 Å². The number of unbranched alkanes of at least 4 members (excludes halogenated alkanes) is 12. The third kappa shape index (κ3) is 28.2. The van der Waals surface area contributed by atoms with E-state index in [4.69, 9.17) is 9.29 Å². The summed E-state index contributed by atoms with van der Waals surface area (Å²) in [7, 11) is -4.11. The highest BCUT2D eigenvalue weighted by molar-refractivity contribution is 7.85. The van der Waals surface area contributed by atoms with Crippen molar-refractivity contribution in [2.75, 3.05) is 38.5 Å². The highest BCUT2D eigenvalue weighted by Gasteiger charge is 2.21. The molecule has 13 nitrogen and oxygen atoms in total. The van der Waals surface area contributed by atoms with Gasteiger partial charge in [-0.3, -0.25) is 9.35 Å². The predicted octanol–water partition coefficient (Wildman–Crippen LogP) is 4.17. The molecule has 5 amide bonds. The summed E-state index contributed by atoms with van der Waals surface area (Å²) in [5.74, 6) is -0.963. The number of hydrogen-bond donors (Lipinski definition) is 6. The molecule has 0 saturated heterocycles. The van der Waals surface area contributed by atoms with Crippen molar-refractivity contribution < 1.29 is 36.9 Å². The van der Waals surface area contributed by atoms with Gasteiger partial charge in [0.05, 0.1) is 12.4 Å². The molecule has 0 heterocycles. The van der Waals surface area contributed by atoms with E-state index in [0.29, 0.717) is 51.7 Å². The molecule has 0 aliphatic rings. The molecule has 0 aliphatic carbocycles. The number of amides is 5. The fourth-order valence-corrected chi connectivity index (χ4v) is 4.81. The SMILES string of the molecule is CCCCCCCCCCCC(=O)NCCCC[C@H](NC(=O)NCCCCCCNC(=O)NCCS(=O)(=O)O)C(=O)OCC. The maximum atomic E-state index is 12.3. The van der Waals surface area contributed by atoms with E-state index in [0.717, 1.165) is 32.1 Å². The summed E-state index contributed by atoms with van der Waals surface area (Å²) in [6, 6.07) is -1.71. The summed E-state index contributed by atoms with van der Waals surface area (Å²) < 4.78 is 35.0. The zero-order valence-corrected chi connectivity index (χ0v) is 27.9. The van der Waals surface area contributed by atoms with E-state index < -0.39 is 39.9 Å². The van der Waals surface area contributed by atoms with Crippen LogP contribution in [0.5, 0.6) is 0 Å². The minimum Gasteiger partial charge on any atom is -0.464 e. The van der Waals surface area contributed by atoms with Gasteiger partial charge >= 0.3 is 18.0 Å². The molecule has 0 spiro atoms. The van der Waals surface area contributed by atoms with Gasteiger partial charge in [-0.15, -0.1) is 0 Å². The maximum Gasteiger partial charge on any atom is 0.328 e. The Morgan fingerprint density at radius 2 is 1.14 bits per heavy atom. The van der Waals surface area contributed by atoms with Crippen molar-refractivity contribution in [1.82, 2.24) is 26.6 Å². The normalized spacial score (nSPS) is 11.8. The van der Waals surface area contributed by atoms with E-state index in [1.165, 1.54) is 44.9 Å². The summed E-state index contributed by atoms with van der Waals surface area (Å²) in [4.78, 5) is 48.3. The van der Waals surface area contributed by atoms with Crippen LogP contribution in [0.25, 0.3) is 0 Å². The lowest BCUT2D eigenvalue weighted by Gasteiger charge is -2.18. The van der Waals surface area contributed by atoms with E-state index >= 15 is 0 Å². The number of carbonyl (C=O) groups excluding carboxylic acids is 4. The van der Waals surface area contributed by atoms with Crippen LogP contribution in [0.3, 0.4) is 0 Å². The smallest absolute Gasteiger partial charge is 0.328 e. The number of hydrogen-bond acceptors (Lipinski definition) is 7. The summed E-state index contributed by atoms with van der Waals surface area (Å²) in [6.07, 6.45) is 16.3. The fraction of sp³-hybridized carbons (Fsp3) is 0.867. The minimum atomic E-state index is -4.11. The monoisotopic (exact) mass is 649 g/mol. The second-order valence-electron chi connectivity index (χ2n) is 11.0. The summed E-state index contributed by atoms with van der Waals surface area (Å²) in [5.41, 5.74) is 0. The molecule has 0 fully saturated rings. The molecule has 14 heteroatoms. The van der Waals surface area contributed by atoms with Gasteiger partial charge in [0.25, 0.3) is 10.1 Å². The third-order valence-corrected chi connectivity index (χ3v) is 7.67. The fourth-order valence-electron chi connectivity index (χ4n) is 4.45. The topological polar surface area (TPSA) is 192 Å². The minimum absolute atomic E-state index is 0.0583. The molecule has 6 N–H and O–H groups in total. The first-order chi connectivity index (χ1) is 21.1. The Bertz CT molecular complexity index is 889. The van der Waals surface area contributed by atoms with Gasteiger partial charge in [0.2, 0.25) is 5.91 Å². The van der Waals surface area contributed by atoms with Crippen LogP contribution in [0.2, 0.25) is 0 Å². The third-order valence-electron chi connectivity index (χ3n) is 6.95. The van der Waals surface area contributed by atoms with E-state index in [9.17, 15) is 27.6 Å². The van der Waals surface area contributed by atoms with Gasteiger partial charge in [-0.25, -0.2) is 14.4 Å². The highest BCUT2D eigenvalue weighted by atomic mass is 32.2. The van der Waals surface area contributed by atoms with E-state index in [2.05, 4.69) is 33.5 Å². The molecule has 0 rings (SSSR count). The Kier molecular flexibility index (Phi) is 26.2. The van der Waals surface area contributed by atoms with Crippen molar-refractivity contribution in [3.05, 3.63) is 0 Å². The second-order valence-corrected chi connectivity index (χ2v) is 12.6. The standard InChI is InChI=1S/C30H59N5O8S/c1-3-5-6-7-8-9-10-11-14-20-27(36)31-21-18-15-19-26(28(37)43-4-2)35-30(39)33-23-17-13-12-16-22-32-29(38)34-24-25-44(40,41)42/h26H,3-25H2,1-2H3,(H,31,36)(H2,32,34,38)(H2,33,35,39)(H,40,41,42)/t26-/m0/s1. The first-order valence-corrected chi connectivity index (χ1v) is 18.1. The van der Waals surface area contributed by atoms with Crippen LogP contribution < -0.4 is 26.6 Å². The van der Waals surface area contributed by atoms with Crippen LogP contribution >= 0.6 is 0 Å². The Hall–Kier alpha value is -2.61. The second kappa shape index (κ2) is 27.9. The molecule has 0 aromatic heterocycles. The number of esters is 1. The lowest BCUT2D eigenvalue weighted by Crippen LogP contribution is -2.47. The lowest BCUT2D eigenvalue weighted by molar-refractivity contribution is -0.145. The number of urea groups is 2. The van der Waals surface area contributed by atoms with Crippen molar-refractivity contribution in [1.29, 1.82) is 0 Å². The Morgan fingerprint density at radius 1 is 0.636 bits per heavy atom. The summed E-state index contributed by atoms with van der Waals surface area (Å²) >= 11 is 0. The lowest BCUT2D eigenvalue weighted by atomic mass is 10.1. The maximum absolute atomic E-state index is 12.3.